The highest BCUT2D eigenvalue weighted by Crippen LogP contribution is 2.27. The van der Waals surface area contributed by atoms with E-state index in [1.165, 1.54) is 12.1 Å². The van der Waals surface area contributed by atoms with Gasteiger partial charge in [0.15, 0.2) is 9.84 Å². The fourth-order valence-electron chi connectivity index (χ4n) is 3.20. The van der Waals surface area contributed by atoms with Crippen molar-refractivity contribution < 1.29 is 22.4 Å². The Balaban J connectivity index is 1.56. The summed E-state index contributed by atoms with van der Waals surface area (Å²) in [5.41, 5.74) is 1.73. The minimum atomic E-state index is -3.63. The van der Waals surface area contributed by atoms with Crippen LogP contribution in [0.5, 0.6) is 0 Å². The van der Waals surface area contributed by atoms with Crippen LogP contribution in [0, 0.1) is 18.7 Å². The molecule has 1 aliphatic rings. The van der Waals surface area contributed by atoms with Gasteiger partial charge in [-0.15, -0.1) is 0 Å². The largest absolute Gasteiger partial charge is 0.355 e. The first-order chi connectivity index (χ1) is 13.3. The number of nitrogens with zero attached hydrogens (tertiary/aromatic N) is 1. The maximum Gasteiger partial charge on any atom is 0.227 e. The summed E-state index contributed by atoms with van der Waals surface area (Å²) in [5, 5.41) is 2.60. The monoisotopic (exact) mass is 404 g/mol. The molecule has 6 nitrogen and oxygen atoms in total. The van der Waals surface area contributed by atoms with Crippen LogP contribution in [0.15, 0.2) is 53.4 Å². The molecular formula is C20H21FN2O4S. The van der Waals surface area contributed by atoms with Crippen molar-refractivity contribution in [1.82, 2.24) is 5.32 Å². The molecule has 0 bridgehead atoms. The van der Waals surface area contributed by atoms with Crippen molar-refractivity contribution in [3.8, 4) is 0 Å². The summed E-state index contributed by atoms with van der Waals surface area (Å²) in [6, 6.07) is 12.0. The van der Waals surface area contributed by atoms with Crippen molar-refractivity contribution in [2.24, 2.45) is 5.92 Å². The van der Waals surface area contributed by atoms with Gasteiger partial charge in [0.1, 0.15) is 5.82 Å². The highest BCUT2D eigenvalue weighted by Gasteiger charge is 2.35. The van der Waals surface area contributed by atoms with Gasteiger partial charge in [0.2, 0.25) is 11.8 Å². The third-order valence-corrected chi connectivity index (χ3v) is 6.48. The Kier molecular flexibility index (Phi) is 5.79. The van der Waals surface area contributed by atoms with Crippen LogP contribution < -0.4 is 10.2 Å². The summed E-state index contributed by atoms with van der Waals surface area (Å²) < 4.78 is 37.4. The lowest BCUT2D eigenvalue weighted by molar-refractivity contribution is -0.126. The van der Waals surface area contributed by atoms with Crippen LogP contribution in [0.2, 0.25) is 0 Å². The molecule has 1 atom stereocenters. The van der Waals surface area contributed by atoms with Crippen molar-refractivity contribution in [2.45, 2.75) is 18.2 Å². The zero-order valence-electron chi connectivity index (χ0n) is 15.4. The Labute approximate surface area is 163 Å². The van der Waals surface area contributed by atoms with Crippen LogP contribution in [-0.2, 0) is 19.4 Å². The van der Waals surface area contributed by atoms with Gasteiger partial charge >= 0.3 is 0 Å². The third kappa shape index (κ3) is 4.39. The maximum absolute atomic E-state index is 12.9. The molecule has 2 aromatic rings. The number of aryl methyl sites for hydroxylation is 1. The van der Waals surface area contributed by atoms with Gasteiger partial charge < -0.3 is 10.2 Å². The normalized spacial score (nSPS) is 17.0. The topological polar surface area (TPSA) is 83.6 Å². The van der Waals surface area contributed by atoms with E-state index in [4.69, 9.17) is 0 Å². The minimum absolute atomic E-state index is 0.00456. The van der Waals surface area contributed by atoms with Gasteiger partial charge in [-0.05, 0) is 42.8 Å². The highest BCUT2D eigenvalue weighted by molar-refractivity contribution is 7.91. The number of carbonyl (C=O) groups excluding carboxylic acids is 2. The number of hydrogen-bond acceptors (Lipinski definition) is 4. The second kappa shape index (κ2) is 8.10. The van der Waals surface area contributed by atoms with E-state index in [1.807, 2.05) is 31.2 Å². The Morgan fingerprint density at radius 3 is 2.54 bits per heavy atom. The van der Waals surface area contributed by atoms with E-state index in [2.05, 4.69) is 5.32 Å². The molecular weight excluding hydrogens is 383 g/mol. The summed E-state index contributed by atoms with van der Waals surface area (Å²) in [4.78, 5) is 26.3. The van der Waals surface area contributed by atoms with Crippen LogP contribution in [-0.4, -0.2) is 39.1 Å². The molecule has 0 spiro atoms. The molecule has 1 heterocycles. The second-order valence-electron chi connectivity index (χ2n) is 6.76. The molecule has 28 heavy (non-hydrogen) atoms. The zero-order chi connectivity index (χ0) is 20.3. The molecule has 8 heteroatoms. The molecule has 2 aromatic carbocycles. The van der Waals surface area contributed by atoms with E-state index in [9.17, 15) is 22.4 Å². The summed E-state index contributed by atoms with van der Waals surface area (Å²) >= 11 is 0. The SMILES string of the molecule is Cc1ccccc1N1C[C@H](C(=O)NCCS(=O)(=O)c2ccc(F)cc2)CC1=O. The molecule has 0 unspecified atom stereocenters. The number of rotatable bonds is 6. The number of halogens is 1. The van der Waals surface area contributed by atoms with Crippen LogP contribution >= 0.6 is 0 Å². The summed E-state index contributed by atoms with van der Waals surface area (Å²) in [5.74, 6) is -1.82. The maximum atomic E-state index is 12.9. The minimum Gasteiger partial charge on any atom is -0.355 e. The molecule has 0 aliphatic carbocycles. The second-order valence-corrected chi connectivity index (χ2v) is 8.86. The summed E-state index contributed by atoms with van der Waals surface area (Å²) in [7, 11) is -3.63. The zero-order valence-corrected chi connectivity index (χ0v) is 16.2. The number of hydrogen-bond donors (Lipinski definition) is 1. The molecule has 1 saturated heterocycles. The molecule has 0 saturated carbocycles. The first-order valence-electron chi connectivity index (χ1n) is 8.90. The Morgan fingerprint density at radius 2 is 1.86 bits per heavy atom. The molecule has 0 aromatic heterocycles. The molecule has 1 fully saturated rings. The fraction of sp³-hybridized carbons (Fsp3) is 0.300. The lowest BCUT2D eigenvalue weighted by Gasteiger charge is -2.19. The number of anilines is 1. The molecule has 148 valence electrons. The van der Waals surface area contributed by atoms with E-state index in [0.29, 0.717) is 0 Å². The quantitative estimate of drug-likeness (QED) is 0.748. The summed E-state index contributed by atoms with van der Waals surface area (Å²) in [6.07, 6.45) is 0.0882. The van der Waals surface area contributed by atoms with Crippen molar-refractivity contribution in [3.05, 3.63) is 59.9 Å². The van der Waals surface area contributed by atoms with E-state index in [-0.39, 0.29) is 42.0 Å². The number of nitrogens with one attached hydrogen (secondary N) is 1. The first-order valence-corrected chi connectivity index (χ1v) is 10.6. The van der Waals surface area contributed by atoms with Crippen molar-refractivity contribution in [2.75, 3.05) is 23.7 Å². The number of sulfone groups is 1. The smallest absolute Gasteiger partial charge is 0.227 e. The number of para-hydroxylation sites is 1. The average Bonchev–Trinajstić information content (AvgIpc) is 3.04. The molecule has 0 radical (unpaired) electrons. The van der Waals surface area contributed by atoms with Gasteiger partial charge in [0.05, 0.1) is 16.6 Å². The highest BCUT2D eigenvalue weighted by atomic mass is 32.2. The lowest BCUT2D eigenvalue weighted by Crippen LogP contribution is -2.35. The predicted molar refractivity (Wildman–Crippen MR) is 103 cm³/mol. The number of benzene rings is 2. The van der Waals surface area contributed by atoms with Gasteiger partial charge in [-0.2, -0.15) is 0 Å². The van der Waals surface area contributed by atoms with Crippen molar-refractivity contribution >= 4 is 27.3 Å². The molecule has 3 rings (SSSR count). The van der Waals surface area contributed by atoms with Gasteiger partial charge in [-0.3, -0.25) is 9.59 Å². The molecule has 1 N–H and O–H groups in total. The Hall–Kier alpha value is -2.74. The Bertz CT molecular complexity index is 990. The molecule has 1 aliphatic heterocycles. The van der Waals surface area contributed by atoms with E-state index < -0.39 is 21.6 Å². The van der Waals surface area contributed by atoms with Gasteiger partial charge in [-0.1, -0.05) is 18.2 Å². The molecule has 2 amide bonds. The first kappa shape index (κ1) is 20.0. The number of amides is 2. The van der Waals surface area contributed by atoms with Gasteiger partial charge in [-0.25, -0.2) is 12.8 Å². The van der Waals surface area contributed by atoms with Crippen LogP contribution in [0.1, 0.15) is 12.0 Å². The van der Waals surface area contributed by atoms with E-state index in [1.54, 1.807) is 4.90 Å². The van der Waals surface area contributed by atoms with Crippen LogP contribution in [0.25, 0.3) is 0 Å². The third-order valence-electron chi connectivity index (χ3n) is 4.74. The van der Waals surface area contributed by atoms with E-state index >= 15 is 0 Å². The van der Waals surface area contributed by atoms with E-state index in [0.717, 1.165) is 23.4 Å². The summed E-state index contributed by atoms with van der Waals surface area (Å²) in [6.45, 7) is 2.09. The predicted octanol–water partition coefficient (Wildman–Crippen LogP) is 2.08. The number of carbonyl (C=O) groups is 2. The lowest BCUT2D eigenvalue weighted by atomic mass is 10.1. The van der Waals surface area contributed by atoms with Crippen LogP contribution in [0.4, 0.5) is 10.1 Å². The fourth-order valence-corrected chi connectivity index (χ4v) is 4.35. The van der Waals surface area contributed by atoms with Gasteiger partial charge in [0.25, 0.3) is 0 Å². The van der Waals surface area contributed by atoms with Gasteiger partial charge in [0, 0.05) is 25.2 Å². The van der Waals surface area contributed by atoms with Crippen molar-refractivity contribution in [3.63, 3.8) is 0 Å². The van der Waals surface area contributed by atoms with Crippen molar-refractivity contribution in [1.29, 1.82) is 0 Å². The average molecular weight is 404 g/mol. The standard InChI is InChI=1S/C20H21FN2O4S/c1-14-4-2-3-5-18(14)23-13-15(12-19(23)24)20(25)22-10-11-28(26,27)17-8-6-16(21)7-9-17/h2-9,15H,10-13H2,1H3,(H,22,25)/t15-/m1/s1. The Morgan fingerprint density at radius 1 is 1.18 bits per heavy atom. The van der Waals surface area contributed by atoms with Crippen LogP contribution in [0.3, 0.4) is 0 Å².